The van der Waals surface area contributed by atoms with Gasteiger partial charge in [-0.2, -0.15) is 4.98 Å². The van der Waals surface area contributed by atoms with E-state index in [9.17, 15) is 4.79 Å². The number of aromatic nitrogens is 4. The summed E-state index contributed by atoms with van der Waals surface area (Å²) in [5, 5.41) is 0. The van der Waals surface area contributed by atoms with Gasteiger partial charge in [0.2, 0.25) is 5.88 Å². The van der Waals surface area contributed by atoms with Gasteiger partial charge in [0, 0.05) is 17.7 Å². The average Bonchev–Trinajstić information content (AvgIpc) is 2.94. The predicted molar refractivity (Wildman–Crippen MR) is 90.4 cm³/mol. The molecule has 0 spiro atoms. The molecular weight excluding hydrogens is 304 g/mol. The Bertz CT molecular complexity index is 1010. The molecule has 6 heteroatoms. The first kappa shape index (κ1) is 14.8. The van der Waals surface area contributed by atoms with Gasteiger partial charge in [-0.1, -0.05) is 12.1 Å². The summed E-state index contributed by atoms with van der Waals surface area (Å²) in [5.41, 5.74) is 4.05. The molecule has 122 valence electrons. The second-order valence-corrected chi connectivity index (χ2v) is 6.19. The molecule has 0 N–H and O–H groups in total. The first-order valence-corrected chi connectivity index (χ1v) is 8.00. The molecule has 0 bridgehead atoms. The molecule has 0 saturated carbocycles. The highest BCUT2D eigenvalue weighted by Crippen LogP contribution is 2.29. The number of fused-ring (bicyclic) bond motifs is 2. The van der Waals surface area contributed by atoms with Gasteiger partial charge < -0.3 is 9.30 Å². The second-order valence-electron chi connectivity index (χ2n) is 6.19. The van der Waals surface area contributed by atoms with Gasteiger partial charge in [-0.15, -0.1) is 0 Å². The lowest BCUT2D eigenvalue weighted by Gasteiger charge is -2.15. The Morgan fingerprint density at radius 2 is 1.92 bits per heavy atom. The van der Waals surface area contributed by atoms with E-state index in [0.29, 0.717) is 30.4 Å². The number of hydrogen-bond donors (Lipinski definition) is 0. The minimum atomic E-state index is -0.127. The van der Waals surface area contributed by atoms with Crippen molar-refractivity contribution in [1.82, 2.24) is 19.5 Å². The van der Waals surface area contributed by atoms with Gasteiger partial charge >= 0.3 is 0 Å². The van der Waals surface area contributed by atoms with Gasteiger partial charge in [-0.3, -0.25) is 4.79 Å². The highest BCUT2D eigenvalue weighted by atomic mass is 16.5. The number of para-hydroxylation sites is 2. The summed E-state index contributed by atoms with van der Waals surface area (Å²) in [6.45, 7) is 6.04. The molecule has 1 aromatic carbocycles. The van der Waals surface area contributed by atoms with E-state index in [1.54, 1.807) is 11.5 Å². The molecule has 3 heterocycles. The summed E-state index contributed by atoms with van der Waals surface area (Å²) in [5.74, 6) is 1.35. The van der Waals surface area contributed by atoms with Crippen LogP contribution in [0.2, 0.25) is 0 Å². The molecule has 3 aromatic rings. The van der Waals surface area contributed by atoms with Crippen LogP contribution in [0, 0.1) is 20.8 Å². The van der Waals surface area contributed by atoms with Crippen molar-refractivity contribution in [3.63, 3.8) is 0 Å². The molecular formula is C18H18N4O2. The lowest BCUT2D eigenvalue weighted by molar-refractivity contribution is 0.202. The average molecular weight is 322 g/mol. The Kier molecular flexibility index (Phi) is 3.33. The lowest BCUT2D eigenvalue weighted by Crippen LogP contribution is -2.31. The standard InChI is InChI=1S/C18H18N4O2/c1-10-14-8-13(24-17(14)21-12(3)19-10)9-22-16-7-5-4-6-15(16)20-11(2)18(22)23/h4-7,13H,8-9H2,1-3H3/t13-/m0/s1. The number of nitrogens with zero attached hydrogens (tertiary/aromatic N) is 4. The van der Waals surface area contributed by atoms with E-state index in [1.165, 1.54) is 0 Å². The minimum absolute atomic E-state index is 0.0766. The van der Waals surface area contributed by atoms with Gasteiger partial charge in [0.05, 0.1) is 17.6 Å². The molecule has 1 atom stereocenters. The Balaban J connectivity index is 1.73. The summed E-state index contributed by atoms with van der Waals surface area (Å²) >= 11 is 0. The van der Waals surface area contributed by atoms with Crippen LogP contribution in [0.1, 0.15) is 22.8 Å². The van der Waals surface area contributed by atoms with Crippen LogP contribution in [0.5, 0.6) is 5.88 Å². The van der Waals surface area contributed by atoms with Crippen molar-refractivity contribution >= 4 is 11.0 Å². The smallest absolute Gasteiger partial charge is 0.272 e. The third kappa shape index (κ3) is 2.35. The van der Waals surface area contributed by atoms with E-state index >= 15 is 0 Å². The zero-order chi connectivity index (χ0) is 16.8. The maximum Gasteiger partial charge on any atom is 0.272 e. The highest BCUT2D eigenvalue weighted by Gasteiger charge is 2.28. The van der Waals surface area contributed by atoms with Crippen LogP contribution >= 0.6 is 0 Å². The summed E-state index contributed by atoms with van der Waals surface area (Å²) in [7, 11) is 0. The third-order valence-corrected chi connectivity index (χ3v) is 4.40. The third-order valence-electron chi connectivity index (χ3n) is 4.40. The maximum atomic E-state index is 12.6. The predicted octanol–water partition coefficient (Wildman–Crippen LogP) is 2.12. The quantitative estimate of drug-likeness (QED) is 0.723. The molecule has 0 saturated heterocycles. The van der Waals surface area contributed by atoms with Crippen LogP contribution in [-0.2, 0) is 13.0 Å². The molecule has 0 fully saturated rings. The SMILES string of the molecule is Cc1nc(C)c2c(n1)O[C@H](Cn1c(=O)c(C)nc3ccccc31)C2. The van der Waals surface area contributed by atoms with Crippen molar-refractivity contribution in [2.75, 3.05) is 0 Å². The van der Waals surface area contributed by atoms with Gasteiger partial charge in [0.25, 0.3) is 5.56 Å². The highest BCUT2D eigenvalue weighted by molar-refractivity contribution is 5.74. The van der Waals surface area contributed by atoms with E-state index in [0.717, 1.165) is 22.3 Å². The fourth-order valence-corrected chi connectivity index (χ4v) is 3.27. The summed E-state index contributed by atoms with van der Waals surface area (Å²) in [6.07, 6.45) is 0.585. The lowest BCUT2D eigenvalue weighted by atomic mass is 10.1. The second kappa shape index (κ2) is 5.40. The minimum Gasteiger partial charge on any atom is -0.472 e. The van der Waals surface area contributed by atoms with E-state index in [4.69, 9.17) is 4.74 Å². The largest absolute Gasteiger partial charge is 0.472 e. The monoisotopic (exact) mass is 322 g/mol. The van der Waals surface area contributed by atoms with Gasteiger partial charge in [-0.25, -0.2) is 9.97 Å². The van der Waals surface area contributed by atoms with Gasteiger partial charge in [-0.05, 0) is 32.9 Å². The fourth-order valence-electron chi connectivity index (χ4n) is 3.27. The molecule has 0 radical (unpaired) electrons. The molecule has 1 aliphatic rings. The zero-order valence-corrected chi connectivity index (χ0v) is 13.9. The van der Waals surface area contributed by atoms with E-state index in [2.05, 4.69) is 15.0 Å². The van der Waals surface area contributed by atoms with Crippen molar-refractivity contribution in [3.8, 4) is 5.88 Å². The summed E-state index contributed by atoms with van der Waals surface area (Å²) in [4.78, 5) is 25.7. The molecule has 0 amide bonds. The summed E-state index contributed by atoms with van der Waals surface area (Å²) < 4.78 is 7.74. The Morgan fingerprint density at radius 1 is 1.12 bits per heavy atom. The Labute approximate surface area is 139 Å². The first-order valence-electron chi connectivity index (χ1n) is 8.00. The van der Waals surface area contributed by atoms with Gasteiger partial charge in [0.1, 0.15) is 17.6 Å². The maximum absolute atomic E-state index is 12.6. The Hall–Kier alpha value is -2.76. The molecule has 6 nitrogen and oxygen atoms in total. The van der Waals surface area contributed by atoms with Crippen molar-refractivity contribution in [2.24, 2.45) is 0 Å². The topological polar surface area (TPSA) is 69.9 Å². The van der Waals surface area contributed by atoms with Crippen LogP contribution in [0.25, 0.3) is 11.0 Å². The molecule has 2 aromatic heterocycles. The first-order chi connectivity index (χ1) is 11.5. The van der Waals surface area contributed by atoms with E-state index in [1.807, 2.05) is 38.1 Å². The van der Waals surface area contributed by atoms with Crippen molar-refractivity contribution in [3.05, 3.63) is 57.4 Å². The molecule has 0 unspecified atom stereocenters. The number of aryl methyl sites for hydroxylation is 3. The molecule has 24 heavy (non-hydrogen) atoms. The van der Waals surface area contributed by atoms with Crippen molar-refractivity contribution < 1.29 is 4.74 Å². The van der Waals surface area contributed by atoms with Crippen LogP contribution in [0.3, 0.4) is 0 Å². The van der Waals surface area contributed by atoms with Crippen LogP contribution in [0.15, 0.2) is 29.1 Å². The van der Waals surface area contributed by atoms with Gasteiger partial charge in [0.15, 0.2) is 0 Å². The van der Waals surface area contributed by atoms with Crippen LogP contribution < -0.4 is 10.3 Å². The molecule has 4 rings (SSSR count). The molecule has 1 aliphatic heterocycles. The van der Waals surface area contributed by atoms with E-state index in [-0.39, 0.29) is 11.7 Å². The van der Waals surface area contributed by atoms with Crippen LogP contribution in [0.4, 0.5) is 0 Å². The number of hydrogen-bond acceptors (Lipinski definition) is 5. The van der Waals surface area contributed by atoms with Crippen molar-refractivity contribution in [1.29, 1.82) is 0 Å². The Morgan fingerprint density at radius 3 is 2.75 bits per heavy atom. The fraction of sp³-hybridized carbons (Fsp3) is 0.333. The number of benzene rings is 1. The normalized spacial score (nSPS) is 16.2. The zero-order valence-electron chi connectivity index (χ0n) is 13.9. The number of rotatable bonds is 2. The number of ether oxygens (including phenoxy) is 1. The summed E-state index contributed by atoms with van der Waals surface area (Å²) in [6, 6.07) is 7.67. The van der Waals surface area contributed by atoms with Crippen molar-refractivity contribution in [2.45, 2.75) is 39.8 Å². The molecule has 0 aliphatic carbocycles. The van der Waals surface area contributed by atoms with Crippen LogP contribution in [-0.4, -0.2) is 25.6 Å². The van der Waals surface area contributed by atoms with E-state index < -0.39 is 0 Å².